The smallest absolute Gasteiger partial charge is 0.137 e. The first-order valence-electron chi connectivity index (χ1n) is 10.4. The van der Waals surface area contributed by atoms with E-state index in [1.165, 1.54) is 38.5 Å². The van der Waals surface area contributed by atoms with Gasteiger partial charge in [0.05, 0.1) is 0 Å². The largest absolute Gasteiger partial charge is 0.343 e. The highest BCUT2D eigenvalue weighted by atomic mass is 35.5. The van der Waals surface area contributed by atoms with Crippen LogP contribution in [0.3, 0.4) is 0 Å². The molecular weight excluding hydrogens is 351 g/mol. The predicted molar refractivity (Wildman–Crippen MR) is 106 cm³/mol. The van der Waals surface area contributed by atoms with Crippen molar-refractivity contribution in [2.45, 2.75) is 91.2 Å². The van der Waals surface area contributed by atoms with Crippen LogP contribution in [0.5, 0.6) is 0 Å². The summed E-state index contributed by atoms with van der Waals surface area (Å²) in [7, 11) is 0. The lowest BCUT2D eigenvalue weighted by Crippen LogP contribution is -2.46. The van der Waals surface area contributed by atoms with Crippen molar-refractivity contribution in [3.63, 3.8) is 0 Å². The third-order valence-corrected chi connectivity index (χ3v) is 10.3. The van der Waals surface area contributed by atoms with Crippen molar-refractivity contribution in [2.24, 2.45) is 45.3 Å². The number of alkyl halides is 2. The molecule has 0 N–H and O–H groups in total. The Balaban J connectivity index is 1.53. The molecule has 0 aliphatic heterocycles. The van der Waals surface area contributed by atoms with Crippen molar-refractivity contribution in [3.05, 3.63) is 0 Å². The van der Waals surface area contributed by atoms with Crippen LogP contribution in [0, 0.1) is 45.3 Å². The molecule has 0 amide bonds. The molecule has 0 heterocycles. The molecular formula is C22H36Cl2O. The maximum atomic E-state index is 6.96. The standard InChI is InChI=1S/C22H36Cl2O/c1-19(2)13-7-9-21(5,11-13)15(19)17(23)25-18(24)16-20(3,4)14-8-10-22(16,6)12-14/h13-18H,7-12H2,1-6H3. The first-order valence-corrected chi connectivity index (χ1v) is 11.2. The van der Waals surface area contributed by atoms with Gasteiger partial charge in [0.2, 0.25) is 0 Å². The molecule has 3 heteroatoms. The summed E-state index contributed by atoms with van der Waals surface area (Å²) in [5, 5.41) is 0. The molecule has 8 atom stereocenters. The molecule has 4 fully saturated rings. The van der Waals surface area contributed by atoms with Gasteiger partial charge in [-0.05, 0) is 72.0 Å². The van der Waals surface area contributed by atoms with Gasteiger partial charge in [0, 0.05) is 11.8 Å². The molecule has 4 rings (SSSR count). The van der Waals surface area contributed by atoms with Crippen molar-refractivity contribution in [2.75, 3.05) is 0 Å². The molecule has 0 aromatic carbocycles. The van der Waals surface area contributed by atoms with Gasteiger partial charge in [-0.15, -0.1) is 0 Å². The van der Waals surface area contributed by atoms with Gasteiger partial charge in [-0.3, -0.25) is 0 Å². The van der Waals surface area contributed by atoms with E-state index < -0.39 is 0 Å². The first kappa shape index (κ1) is 18.9. The van der Waals surface area contributed by atoms with Crippen molar-refractivity contribution >= 4 is 23.2 Å². The van der Waals surface area contributed by atoms with E-state index >= 15 is 0 Å². The SMILES string of the molecule is CC12CCC(C1)C(C)(C)C2C(Cl)OC(Cl)C1C2(C)CCC(C2)C1(C)C. The average molecular weight is 387 g/mol. The van der Waals surface area contributed by atoms with Crippen LogP contribution in [-0.4, -0.2) is 11.1 Å². The van der Waals surface area contributed by atoms with E-state index in [1.807, 2.05) is 0 Å². The Morgan fingerprint density at radius 2 is 1.08 bits per heavy atom. The van der Waals surface area contributed by atoms with Gasteiger partial charge in [0.1, 0.15) is 11.1 Å². The van der Waals surface area contributed by atoms with Crippen LogP contribution in [0.25, 0.3) is 0 Å². The number of hydrogen-bond acceptors (Lipinski definition) is 1. The van der Waals surface area contributed by atoms with E-state index in [-0.39, 0.29) is 22.0 Å². The van der Waals surface area contributed by atoms with Crippen LogP contribution in [-0.2, 0) is 4.74 Å². The first-order chi connectivity index (χ1) is 11.4. The van der Waals surface area contributed by atoms with Crippen molar-refractivity contribution in [1.29, 1.82) is 0 Å². The molecule has 8 unspecified atom stereocenters. The summed E-state index contributed by atoms with van der Waals surface area (Å²) >= 11 is 13.9. The minimum absolute atomic E-state index is 0.254. The summed E-state index contributed by atoms with van der Waals surface area (Å²) in [5.41, 5.74) is 0.614. The molecule has 25 heavy (non-hydrogen) atoms. The number of halogens is 2. The van der Waals surface area contributed by atoms with E-state index in [0.29, 0.717) is 22.7 Å². The topological polar surface area (TPSA) is 9.23 Å². The summed E-state index contributed by atoms with van der Waals surface area (Å²) < 4.78 is 6.46. The Labute approximate surface area is 164 Å². The summed E-state index contributed by atoms with van der Waals surface area (Å²) in [6, 6.07) is 0. The number of rotatable bonds is 4. The zero-order valence-electron chi connectivity index (χ0n) is 16.9. The third-order valence-electron chi connectivity index (χ3n) is 9.55. The Morgan fingerprint density at radius 1 is 0.720 bits per heavy atom. The van der Waals surface area contributed by atoms with E-state index in [4.69, 9.17) is 27.9 Å². The van der Waals surface area contributed by atoms with Crippen LogP contribution in [0.1, 0.15) is 80.1 Å². The minimum atomic E-state index is -0.272. The summed E-state index contributed by atoms with van der Waals surface area (Å²) in [6.07, 6.45) is 7.89. The molecule has 4 aliphatic rings. The van der Waals surface area contributed by atoms with Crippen molar-refractivity contribution in [1.82, 2.24) is 0 Å². The molecule has 4 aliphatic carbocycles. The lowest BCUT2D eigenvalue weighted by molar-refractivity contribution is -0.0929. The van der Waals surface area contributed by atoms with Gasteiger partial charge >= 0.3 is 0 Å². The summed E-state index contributed by atoms with van der Waals surface area (Å²) in [5.74, 6) is 2.38. The summed E-state index contributed by atoms with van der Waals surface area (Å²) in [6.45, 7) is 14.5. The quantitative estimate of drug-likeness (QED) is 0.469. The number of fused-ring (bicyclic) bond motifs is 4. The predicted octanol–water partition coefficient (Wildman–Crippen LogP) is 7.06. The molecule has 4 bridgehead atoms. The number of hydrogen-bond donors (Lipinski definition) is 0. The van der Waals surface area contributed by atoms with E-state index in [0.717, 1.165) is 11.8 Å². The van der Waals surface area contributed by atoms with E-state index in [9.17, 15) is 0 Å². The molecule has 0 aromatic heterocycles. The second-order valence-electron chi connectivity index (χ2n) is 11.6. The fraction of sp³-hybridized carbons (Fsp3) is 1.00. The van der Waals surface area contributed by atoms with Gasteiger partial charge in [-0.1, -0.05) is 64.7 Å². The lowest BCUT2D eigenvalue weighted by atomic mass is 9.63. The molecule has 0 saturated heterocycles. The molecule has 4 saturated carbocycles. The summed E-state index contributed by atoms with van der Waals surface area (Å²) in [4.78, 5) is 0. The van der Waals surface area contributed by atoms with E-state index in [2.05, 4.69) is 41.5 Å². The average Bonchev–Trinajstić information content (AvgIpc) is 3.11. The van der Waals surface area contributed by atoms with Gasteiger partial charge in [0.25, 0.3) is 0 Å². The fourth-order valence-electron chi connectivity index (χ4n) is 8.27. The highest BCUT2D eigenvalue weighted by Crippen LogP contribution is 2.70. The zero-order valence-corrected chi connectivity index (χ0v) is 18.4. The van der Waals surface area contributed by atoms with Gasteiger partial charge in [-0.2, -0.15) is 0 Å². The van der Waals surface area contributed by atoms with Crippen LogP contribution in [0.2, 0.25) is 0 Å². The highest BCUT2D eigenvalue weighted by Gasteiger charge is 2.64. The van der Waals surface area contributed by atoms with Crippen molar-refractivity contribution < 1.29 is 4.74 Å². The molecule has 0 spiro atoms. The number of ether oxygens (including phenoxy) is 1. The minimum Gasteiger partial charge on any atom is -0.343 e. The third kappa shape index (κ3) is 2.51. The van der Waals surface area contributed by atoms with Crippen LogP contribution in [0.15, 0.2) is 0 Å². The van der Waals surface area contributed by atoms with Crippen LogP contribution < -0.4 is 0 Å². The molecule has 0 radical (unpaired) electrons. The molecule has 1 nitrogen and oxygen atoms in total. The van der Waals surface area contributed by atoms with Crippen molar-refractivity contribution in [3.8, 4) is 0 Å². The second kappa shape index (κ2) is 5.54. The maximum Gasteiger partial charge on any atom is 0.137 e. The van der Waals surface area contributed by atoms with Gasteiger partial charge in [-0.25, -0.2) is 0 Å². The van der Waals surface area contributed by atoms with E-state index in [1.54, 1.807) is 0 Å². The Hall–Kier alpha value is 0.540. The monoisotopic (exact) mass is 386 g/mol. The second-order valence-corrected chi connectivity index (χ2v) is 12.5. The van der Waals surface area contributed by atoms with Crippen LogP contribution in [0.4, 0.5) is 0 Å². The Kier molecular flexibility index (Phi) is 4.19. The van der Waals surface area contributed by atoms with Gasteiger partial charge < -0.3 is 4.74 Å². The lowest BCUT2D eigenvalue weighted by Gasteiger charge is -2.48. The molecule has 144 valence electrons. The zero-order chi connectivity index (χ0) is 18.4. The van der Waals surface area contributed by atoms with Crippen LogP contribution >= 0.6 is 23.2 Å². The highest BCUT2D eigenvalue weighted by molar-refractivity contribution is 6.22. The molecule has 0 aromatic rings. The fourth-order valence-corrected chi connectivity index (χ4v) is 9.80. The van der Waals surface area contributed by atoms with Gasteiger partial charge in [0.15, 0.2) is 0 Å². The maximum absolute atomic E-state index is 6.96. The normalized spacial score (nSPS) is 51.8. The Bertz CT molecular complexity index is 501. The Morgan fingerprint density at radius 3 is 1.36 bits per heavy atom.